The maximum Gasteiger partial charge on any atom is 0.269 e. The molecule has 0 unspecified atom stereocenters. The van der Waals surface area contributed by atoms with Gasteiger partial charge in [0.15, 0.2) is 0 Å². The van der Waals surface area contributed by atoms with Gasteiger partial charge in [-0.25, -0.2) is 0 Å². The van der Waals surface area contributed by atoms with Crippen molar-refractivity contribution >= 4 is 11.4 Å². The van der Waals surface area contributed by atoms with Crippen molar-refractivity contribution in [1.29, 1.82) is 0 Å². The van der Waals surface area contributed by atoms with Crippen molar-refractivity contribution in [3.8, 4) is 0 Å². The number of nitro benzene ring substituents is 1. The molecule has 5 heteroatoms. The molecular weight excluding hydrogens is 196 g/mol. The lowest BCUT2D eigenvalue weighted by molar-refractivity contribution is -0.384. The molecule has 1 aromatic rings. The number of non-ortho nitro benzene ring substituents is 1. The highest BCUT2D eigenvalue weighted by atomic mass is 16.6. The van der Waals surface area contributed by atoms with Crippen LogP contribution in [0.25, 0.3) is 0 Å². The van der Waals surface area contributed by atoms with Gasteiger partial charge in [0.05, 0.1) is 4.92 Å². The van der Waals surface area contributed by atoms with Crippen molar-refractivity contribution < 1.29 is 10.0 Å². The number of aliphatic hydroxyl groups is 1. The lowest BCUT2D eigenvalue weighted by atomic mass is 10.2. The molecule has 0 saturated carbocycles. The second kappa shape index (κ2) is 3.86. The molecule has 0 amide bonds. The molecule has 15 heavy (non-hydrogen) atoms. The van der Waals surface area contributed by atoms with E-state index in [0.29, 0.717) is 0 Å². The molecule has 1 aliphatic rings. The molecule has 1 aromatic carbocycles. The van der Waals surface area contributed by atoms with E-state index in [9.17, 15) is 15.2 Å². The Kier molecular flexibility index (Phi) is 2.55. The zero-order valence-corrected chi connectivity index (χ0v) is 8.17. The topological polar surface area (TPSA) is 66.6 Å². The molecule has 0 radical (unpaired) electrons. The third-order valence-electron chi connectivity index (χ3n) is 2.61. The van der Waals surface area contributed by atoms with E-state index in [1.165, 1.54) is 12.1 Å². The molecule has 1 N–H and O–H groups in total. The van der Waals surface area contributed by atoms with Crippen molar-refractivity contribution in [2.45, 2.75) is 19.1 Å². The summed E-state index contributed by atoms with van der Waals surface area (Å²) in [6, 6.07) is 6.26. The lowest BCUT2D eigenvalue weighted by Crippen LogP contribution is -2.28. The standard InChI is InChI=1S/C10H12N2O3/c13-10-2-1-7-11(10)8-3-5-9(6-4-8)12(14)15/h3-6,10,13H,1-2,7H2/t10-/m1/s1. The van der Waals surface area contributed by atoms with Crippen LogP contribution < -0.4 is 4.90 Å². The molecule has 80 valence electrons. The van der Waals surface area contributed by atoms with E-state index >= 15 is 0 Å². The van der Waals surface area contributed by atoms with E-state index in [1.54, 1.807) is 12.1 Å². The summed E-state index contributed by atoms with van der Waals surface area (Å²) in [4.78, 5) is 11.9. The third kappa shape index (κ3) is 1.92. The van der Waals surface area contributed by atoms with Gasteiger partial charge in [0.1, 0.15) is 6.23 Å². The minimum Gasteiger partial charge on any atom is -0.374 e. The van der Waals surface area contributed by atoms with Crippen LogP contribution >= 0.6 is 0 Å². The van der Waals surface area contributed by atoms with Gasteiger partial charge in [-0.2, -0.15) is 0 Å². The number of hydrogen-bond donors (Lipinski definition) is 1. The summed E-state index contributed by atoms with van der Waals surface area (Å²) in [5.74, 6) is 0. The maximum atomic E-state index is 10.4. The molecule has 1 heterocycles. The van der Waals surface area contributed by atoms with Gasteiger partial charge in [0.25, 0.3) is 5.69 Å². The van der Waals surface area contributed by atoms with Crippen LogP contribution in [0.1, 0.15) is 12.8 Å². The fourth-order valence-corrected chi connectivity index (χ4v) is 1.82. The SMILES string of the molecule is O=[N+]([O-])c1ccc(N2CCC[C@H]2O)cc1. The Hall–Kier alpha value is -1.62. The van der Waals surface area contributed by atoms with E-state index in [0.717, 1.165) is 25.1 Å². The molecular formula is C10H12N2O3. The van der Waals surface area contributed by atoms with Crippen molar-refractivity contribution in [1.82, 2.24) is 0 Å². The Morgan fingerprint density at radius 1 is 1.40 bits per heavy atom. The van der Waals surface area contributed by atoms with Gasteiger partial charge in [-0.1, -0.05) is 0 Å². The van der Waals surface area contributed by atoms with Crippen LogP contribution in [0.2, 0.25) is 0 Å². The fourth-order valence-electron chi connectivity index (χ4n) is 1.82. The number of aliphatic hydroxyl groups excluding tert-OH is 1. The first-order valence-electron chi connectivity index (χ1n) is 4.87. The van der Waals surface area contributed by atoms with Gasteiger partial charge < -0.3 is 10.0 Å². The van der Waals surface area contributed by atoms with Crippen molar-refractivity contribution in [3.05, 3.63) is 34.4 Å². The van der Waals surface area contributed by atoms with Crippen LogP contribution in [0.3, 0.4) is 0 Å². The smallest absolute Gasteiger partial charge is 0.269 e. The highest BCUT2D eigenvalue weighted by molar-refractivity contribution is 5.51. The van der Waals surface area contributed by atoms with Gasteiger partial charge in [-0.15, -0.1) is 0 Å². The van der Waals surface area contributed by atoms with Gasteiger partial charge in [0.2, 0.25) is 0 Å². The van der Waals surface area contributed by atoms with Crippen LogP contribution in [0.15, 0.2) is 24.3 Å². The number of anilines is 1. The number of nitro groups is 1. The third-order valence-corrected chi connectivity index (χ3v) is 2.61. The molecule has 0 aliphatic carbocycles. The first kappa shape index (κ1) is 9.92. The van der Waals surface area contributed by atoms with Crippen LogP contribution in [-0.4, -0.2) is 22.8 Å². The molecule has 1 fully saturated rings. The second-order valence-electron chi connectivity index (χ2n) is 3.59. The average Bonchev–Trinajstić information content (AvgIpc) is 2.65. The summed E-state index contributed by atoms with van der Waals surface area (Å²) < 4.78 is 0. The Morgan fingerprint density at radius 3 is 2.53 bits per heavy atom. The number of hydrogen-bond acceptors (Lipinski definition) is 4. The van der Waals surface area contributed by atoms with E-state index < -0.39 is 11.2 Å². The van der Waals surface area contributed by atoms with Gasteiger partial charge in [-0.05, 0) is 25.0 Å². The quantitative estimate of drug-likeness (QED) is 0.591. The van der Waals surface area contributed by atoms with E-state index in [-0.39, 0.29) is 5.69 Å². The van der Waals surface area contributed by atoms with Gasteiger partial charge in [-0.3, -0.25) is 10.1 Å². The summed E-state index contributed by atoms with van der Waals surface area (Å²) in [6.45, 7) is 0.805. The predicted octanol–water partition coefficient (Wildman–Crippen LogP) is 1.51. The molecule has 1 aliphatic heterocycles. The number of benzene rings is 1. The van der Waals surface area contributed by atoms with Crippen molar-refractivity contribution in [2.75, 3.05) is 11.4 Å². The van der Waals surface area contributed by atoms with Crippen LogP contribution in [-0.2, 0) is 0 Å². The first-order chi connectivity index (χ1) is 7.18. The molecule has 0 aromatic heterocycles. The molecule has 2 rings (SSSR count). The Balaban J connectivity index is 2.19. The average molecular weight is 208 g/mol. The summed E-state index contributed by atoms with van der Waals surface area (Å²) in [7, 11) is 0. The highest BCUT2D eigenvalue weighted by Gasteiger charge is 2.22. The molecule has 1 saturated heterocycles. The summed E-state index contributed by atoms with van der Waals surface area (Å²) in [5.41, 5.74) is 0.915. The number of rotatable bonds is 2. The lowest BCUT2D eigenvalue weighted by Gasteiger charge is -2.22. The molecule has 0 spiro atoms. The van der Waals surface area contributed by atoms with Crippen LogP contribution in [0.5, 0.6) is 0 Å². The molecule has 1 atom stereocenters. The maximum absolute atomic E-state index is 10.4. The van der Waals surface area contributed by atoms with E-state index in [4.69, 9.17) is 0 Å². The monoisotopic (exact) mass is 208 g/mol. The fraction of sp³-hybridized carbons (Fsp3) is 0.400. The minimum atomic E-state index is -0.452. The zero-order valence-electron chi connectivity index (χ0n) is 8.17. The Bertz CT molecular complexity index is 363. The molecule has 5 nitrogen and oxygen atoms in total. The molecule has 0 bridgehead atoms. The second-order valence-corrected chi connectivity index (χ2v) is 3.59. The van der Waals surface area contributed by atoms with Gasteiger partial charge in [0, 0.05) is 24.4 Å². The van der Waals surface area contributed by atoms with Crippen LogP contribution in [0, 0.1) is 10.1 Å². The van der Waals surface area contributed by atoms with Crippen molar-refractivity contribution in [2.24, 2.45) is 0 Å². The number of nitrogens with zero attached hydrogens (tertiary/aromatic N) is 2. The summed E-state index contributed by atoms with van der Waals surface area (Å²) in [6.07, 6.45) is 1.27. The van der Waals surface area contributed by atoms with Gasteiger partial charge >= 0.3 is 0 Å². The largest absolute Gasteiger partial charge is 0.374 e. The zero-order chi connectivity index (χ0) is 10.8. The first-order valence-corrected chi connectivity index (χ1v) is 4.87. The summed E-state index contributed by atoms with van der Waals surface area (Å²) in [5, 5.41) is 20.1. The van der Waals surface area contributed by atoms with E-state index in [2.05, 4.69) is 0 Å². The Labute approximate surface area is 87.1 Å². The highest BCUT2D eigenvalue weighted by Crippen LogP contribution is 2.25. The Morgan fingerprint density at radius 2 is 2.07 bits per heavy atom. The van der Waals surface area contributed by atoms with E-state index in [1.807, 2.05) is 4.90 Å². The van der Waals surface area contributed by atoms with Crippen LogP contribution in [0.4, 0.5) is 11.4 Å². The summed E-state index contributed by atoms with van der Waals surface area (Å²) >= 11 is 0. The normalized spacial score (nSPS) is 20.6. The predicted molar refractivity (Wildman–Crippen MR) is 55.7 cm³/mol. The van der Waals surface area contributed by atoms with Crippen molar-refractivity contribution in [3.63, 3.8) is 0 Å². The minimum absolute atomic E-state index is 0.0763.